The third-order valence-corrected chi connectivity index (χ3v) is 2.11. The van der Waals surface area contributed by atoms with E-state index in [4.69, 9.17) is 0 Å². The third kappa shape index (κ3) is 5.49. The molecule has 1 aromatic rings. The Kier molecular flexibility index (Phi) is 5.69. The van der Waals surface area contributed by atoms with Crippen molar-refractivity contribution in [1.29, 1.82) is 0 Å². The number of carbonyl (C=O) groups excluding carboxylic acids is 1. The molecular weight excluding hydrogens is 233 g/mol. The van der Waals surface area contributed by atoms with Crippen molar-refractivity contribution in [3.63, 3.8) is 0 Å². The second-order valence-electron chi connectivity index (χ2n) is 3.52. The Morgan fingerprint density at radius 3 is 2.65 bits per heavy atom. The van der Waals surface area contributed by atoms with Gasteiger partial charge in [0.1, 0.15) is 18.2 Å². The Morgan fingerprint density at radius 2 is 2.00 bits per heavy atom. The molecule has 0 amide bonds. The summed E-state index contributed by atoms with van der Waals surface area (Å²) in [6.45, 7) is -0.732. The lowest BCUT2D eigenvalue weighted by Crippen LogP contribution is -2.11. The lowest BCUT2D eigenvalue weighted by molar-refractivity contribution is -0.119. The molecule has 94 valence electrons. The zero-order valence-corrected chi connectivity index (χ0v) is 9.17. The van der Waals surface area contributed by atoms with Crippen molar-refractivity contribution in [3.05, 3.63) is 35.6 Å². The minimum Gasteiger partial charge on any atom is -0.375 e. The van der Waals surface area contributed by atoms with Gasteiger partial charge in [-0.25, -0.2) is 13.2 Å². The number of hydrogen-bond donors (Lipinski definition) is 0. The fraction of sp³-hybridized carbons (Fsp3) is 0.417. The van der Waals surface area contributed by atoms with E-state index < -0.39 is 18.8 Å². The van der Waals surface area contributed by atoms with Crippen LogP contribution in [0.3, 0.4) is 0 Å². The first-order valence-electron chi connectivity index (χ1n) is 5.20. The van der Waals surface area contributed by atoms with E-state index in [9.17, 15) is 18.0 Å². The third-order valence-electron chi connectivity index (χ3n) is 2.11. The van der Waals surface area contributed by atoms with Gasteiger partial charge in [0.2, 0.25) is 0 Å². The molecule has 0 aliphatic rings. The topological polar surface area (TPSA) is 26.3 Å². The van der Waals surface area contributed by atoms with Gasteiger partial charge in [0.25, 0.3) is 6.43 Å². The zero-order valence-electron chi connectivity index (χ0n) is 9.17. The minimum atomic E-state index is -2.53. The summed E-state index contributed by atoms with van der Waals surface area (Å²) < 4.78 is 41.1. The molecule has 0 aliphatic heterocycles. The maximum atomic E-state index is 13.2. The quantitative estimate of drug-likeness (QED) is 0.691. The average molecular weight is 246 g/mol. The smallest absolute Gasteiger partial charge is 0.261 e. The Balaban J connectivity index is 2.28. The van der Waals surface area contributed by atoms with Crippen LogP contribution in [-0.2, 0) is 16.0 Å². The van der Waals surface area contributed by atoms with Crippen LogP contribution in [0.15, 0.2) is 24.3 Å². The van der Waals surface area contributed by atoms with Gasteiger partial charge in [0.05, 0.1) is 6.61 Å². The van der Waals surface area contributed by atoms with Gasteiger partial charge in [-0.2, -0.15) is 0 Å². The first-order chi connectivity index (χ1) is 8.09. The monoisotopic (exact) mass is 246 g/mol. The second kappa shape index (κ2) is 7.06. The van der Waals surface area contributed by atoms with Crippen LogP contribution in [0.5, 0.6) is 0 Å². The number of ether oxygens (including phenoxy) is 1. The van der Waals surface area contributed by atoms with Crippen molar-refractivity contribution in [2.24, 2.45) is 0 Å². The van der Waals surface area contributed by atoms with E-state index in [1.807, 2.05) is 0 Å². The van der Waals surface area contributed by atoms with Crippen molar-refractivity contribution >= 4 is 5.78 Å². The van der Waals surface area contributed by atoms with Crippen molar-refractivity contribution in [2.75, 3.05) is 13.2 Å². The molecule has 0 aromatic heterocycles. The first-order valence-corrected chi connectivity index (χ1v) is 5.20. The van der Waals surface area contributed by atoms with E-state index in [2.05, 4.69) is 4.74 Å². The number of ketones is 1. The molecule has 5 heteroatoms. The van der Waals surface area contributed by atoms with E-state index in [0.29, 0.717) is 5.56 Å². The van der Waals surface area contributed by atoms with Gasteiger partial charge in [-0.3, -0.25) is 4.79 Å². The molecule has 0 saturated carbocycles. The Morgan fingerprint density at radius 1 is 1.29 bits per heavy atom. The van der Waals surface area contributed by atoms with Gasteiger partial charge in [0, 0.05) is 12.8 Å². The predicted molar refractivity (Wildman–Crippen MR) is 56.6 cm³/mol. The van der Waals surface area contributed by atoms with Crippen molar-refractivity contribution < 1.29 is 22.7 Å². The van der Waals surface area contributed by atoms with Crippen LogP contribution in [0.1, 0.15) is 12.0 Å². The minimum absolute atomic E-state index is 0.0149. The highest BCUT2D eigenvalue weighted by Gasteiger charge is 2.08. The molecule has 0 spiro atoms. The van der Waals surface area contributed by atoms with Crippen LogP contribution in [0.25, 0.3) is 0 Å². The van der Waals surface area contributed by atoms with E-state index in [0.717, 1.165) is 0 Å². The number of alkyl halides is 2. The van der Waals surface area contributed by atoms with Crippen LogP contribution in [0.2, 0.25) is 0 Å². The molecule has 0 radical (unpaired) electrons. The van der Waals surface area contributed by atoms with Gasteiger partial charge in [-0.15, -0.1) is 0 Å². The van der Waals surface area contributed by atoms with Gasteiger partial charge in [-0.05, 0) is 11.6 Å². The molecule has 0 aliphatic carbocycles. The van der Waals surface area contributed by atoms with E-state index in [1.165, 1.54) is 18.2 Å². The largest absolute Gasteiger partial charge is 0.375 e. The van der Waals surface area contributed by atoms with Crippen LogP contribution >= 0.6 is 0 Å². The highest BCUT2D eigenvalue weighted by Crippen LogP contribution is 2.08. The number of benzene rings is 1. The molecule has 0 heterocycles. The SMILES string of the molecule is O=C(CCOCC(F)F)Cc1ccccc1F. The Labute approximate surface area is 97.4 Å². The molecule has 0 bridgehead atoms. The average Bonchev–Trinajstić information content (AvgIpc) is 2.27. The van der Waals surface area contributed by atoms with Gasteiger partial charge >= 0.3 is 0 Å². The molecule has 0 N–H and O–H groups in total. The highest BCUT2D eigenvalue weighted by atomic mass is 19.3. The van der Waals surface area contributed by atoms with Gasteiger partial charge in [0.15, 0.2) is 0 Å². The summed E-state index contributed by atoms with van der Waals surface area (Å²) in [6, 6.07) is 5.97. The lowest BCUT2D eigenvalue weighted by Gasteiger charge is -2.04. The van der Waals surface area contributed by atoms with Crippen LogP contribution < -0.4 is 0 Å². The molecule has 1 aromatic carbocycles. The van der Waals surface area contributed by atoms with Gasteiger partial charge in [-0.1, -0.05) is 18.2 Å². The summed E-state index contributed by atoms with van der Waals surface area (Å²) in [6.07, 6.45) is -2.55. The molecule has 0 fully saturated rings. The maximum Gasteiger partial charge on any atom is 0.261 e. The van der Waals surface area contributed by atoms with Gasteiger partial charge < -0.3 is 4.74 Å². The summed E-state index contributed by atoms with van der Waals surface area (Å²) in [5.74, 6) is -0.668. The fourth-order valence-corrected chi connectivity index (χ4v) is 1.30. The summed E-state index contributed by atoms with van der Waals surface area (Å²) in [5, 5.41) is 0. The molecule has 1 rings (SSSR count). The van der Waals surface area contributed by atoms with Crippen LogP contribution in [0.4, 0.5) is 13.2 Å². The molecular formula is C12H13F3O2. The summed E-state index contributed by atoms with van der Waals surface area (Å²) in [7, 11) is 0. The van der Waals surface area contributed by atoms with Crippen LogP contribution in [-0.4, -0.2) is 25.4 Å². The van der Waals surface area contributed by atoms with Crippen LogP contribution in [0, 0.1) is 5.82 Å². The number of hydrogen-bond acceptors (Lipinski definition) is 2. The first kappa shape index (κ1) is 13.7. The highest BCUT2D eigenvalue weighted by molar-refractivity contribution is 5.80. The summed E-state index contributed by atoms with van der Waals surface area (Å²) >= 11 is 0. The zero-order chi connectivity index (χ0) is 12.7. The van der Waals surface area contributed by atoms with E-state index in [-0.39, 0.29) is 25.2 Å². The second-order valence-corrected chi connectivity index (χ2v) is 3.52. The molecule has 2 nitrogen and oxygen atoms in total. The van der Waals surface area contributed by atoms with Crippen molar-refractivity contribution in [3.8, 4) is 0 Å². The summed E-state index contributed by atoms with van der Waals surface area (Å²) in [5.41, 5.74) is 0.311. The molecule has 0 unspecified atom stereocenters. The number of carbonyl (C=O) groups is 1. The molecule has 0 atom stereocenters. The summed E-state index contributed by atoms with van der Waals surface area (Å²) in [4.78, 5) is 11.4. The van der Waals surface area contributed by atoms with E-state index in [1.54, 1.807) is 6.07 Å². The predicted octanol–water partition coefficient (Wildman–Crippen LogP) is 2.61. The number of Topliss-reactive ketones (excluding diaryl/α,β-unsaturated/α-hetero) is 1. The lowest BCUT2D eigenvalue weighted by atomic mass is 10.1. The molecule has 0 saturated heterocycles. The molecule has 17 heavy (non-hydrogen) atoms. The fourth-order valence-electron chi connectivity index (χ4n) is 1.30. The Bertz CT molecular complexity index is 367. The standard InChI is InChI=1S/C12H13F3O2/c13-11-4-2-1-3-9(11)7-10(16)5-6-17-8-12(14)15/h1-4,12H,5-8H2. The normalized spacial score (nSPS) is 10.8. The van der Waals surface area contributed by atoms with Crippen molar-refractivity contribution in [1.82, 2.24) is 0 Å². The van der Waals surface area contributed by atoms with E-state index >= 15 is 0 Å². The number of rotatable bonds is 7. The van der Waals surface area contributed by atoms with Crippen molar-refractivity contribution in [2.45, 2.75) is 19.3 Å². The number of halogens is 3. The Hall–Kier alpha value is -1.36. The maximum absolute atomic E-state index is 13.2.